The standard InChI is InChI=1S/C10H9ClN2O/c11-6-1-2-8-7(5-6)13-9(14-8)10(12)3-4-10/h1-2,5H,3-4,12H2. The Morgan fingerprint density at radius 3 is 2.93 bits per heavy atom. The van der Waals surface area contributed by atoms with Gasteiger partial charge in [0.15, 0.2) is 5.58 Å². The van der Waals surface area contributed by atoms with E-state index in [1.165, 1.54) is 0 Å². The largest absolute Gasteiger partial charge is 0.439 e. The average Bonchev–Trinajstić information content (AvgIpc) is 2.77. The lowest BCUT2D eigenvalue weighted by molar-refractivity contribution is 0.465. The van der Waals surface area contributed by atoms with Gasteiger partial charge in [0.05, 0.1) is 5.54 Å². The second-order valence-electron chi connectivity index (χ2n) is 3.79. The molecule has 0 aliphatic heterocycles. The van der Waals surface area contributed by atoms with Crippen LogP contribution in [-0.2, 0) is 5.54 Å². The molecule has 1 saturated carbocycles. The van der Waals surface area contributed by atoms with Gasteiger partial charge in [-0.15, -0.1) is 0 Å². The topological polar surface area (TPSA) is 52.0 Å². The SMILES string of the molecule is NC1(c2nc3cc(Cl)ccc3o2)CC1. The Balaban J connectivity index is 2.20. The van der Waals surface area contributed by atoms with Crippen molar-refractivity contribution in [3.8, 4) is 0 Å². The fourth-order valence-electron chi connectivity index (χ4n) is 1.46. The molecular weight excluding hydrogens is 200 g/mol. The van der Waals surface area contributed by atoms with Crippen molar-refractivity contribution < 1.29 is 4.42 Å². The molecule has 1 fully saturated rings. The third kappa shape index (κ3) is 1.13. The number of hydrogen-bond donors (Lipinski definition) is 1. The van der Waals surface area contributed by atoms with Crippen LogP contribution in [0.4, 0.5) is 0 Å². The summed E-state index contributed by atoms with van der Waals surface area (Å²) in [5.74, 6) is 0.634. The molecule has 2 aromatic rings. The molecule has 0 saturated heterocycles. The van der Waals surface area contributed by atoms with Crippen LogP contribution in [0.25, 0.3) is 11.1 Å². The number of fused-ring (bicyclic) bond motifs is 1. The summed E-state index contributed by atoms with van der Waals surface area (Å²) in [6.07, 6.45) is 1.90. The Morgan fingerprint density at radius 1 is 1.43 bits per heavy atom. The molecule has 1 aliphatic rings. The first kappa shape index (κ1) is 8.26. The summed E-state index contributed by atoms with van der Waals surface area (Å²) in [6, 6.07) is 5.39. The molecule has 72 valence electrons. The predicted molar refractivity (Wildman–Crippen MR) is 54.1 cm³/mol. The van der Waals surface area contributed by atoms with Crippen LogP contribution >= 0.6 is 11.6 Å². The maximum absolute atomic E-state index is 5.98. The first-order valence-electron chi connectivity index (χ1n) is 4.53. The quantitative estimate of drug-likeness (QED) is 0.783. The fourth-order valence-corrected chi connectivity index (χ4v) is 1.63. The number of nitrogens with two attached hydrogens (primary N) is 1. The highest BCUT2D eigenvalue weighted by atomic mass is 35.5. The van der Waals surface area contributed by atoms with Gasteiger partial charge in [0, 0.05) is 5.02 Å². The van der Waals surface area contributed by atoms with Crippen LogP contribution in [0.3, 0.4) is 0 Å². The molecule has 0 amide bonds. The molecule has 1 aromatic carbocycles. The number of rotatable bonds is 1. The van der Waals surface area contributed by atoms with Crippen LogP contribution in [0.1, 0.15) is 18.7 Å². The van der Waals surface area contributed by atoms with E-state index in [4.69, 9.17) is 21.8 Å². The number of aromatic nitrogens is 1. The summed E-state index contributed by atoms with van der Waals surface area (Å²) < 4.78 is 5.56. The van der Waals surface area contributed by atoms with E-state index in [0.717, 1.165) is 23.9 Å². The van der Waals surface area contributed by atoms with Gasteiger partial charge in [0.25, 0.3) is 0 Å². The zero-order chi connectivity index (χ0) is 9.76. The van der Waals surface area contributed by atoms with E-state index in [-0.39, 0.29) is 5.54 Å². The highest BCUT2D eigenvalue weighted by Crippen LogP contribution is 2.43. The summed E-state index contributed by atoms with van der Waals surface area (Å²) in [5.41, 5.74) is 7.20. The summed E-state index contributed by atoms with van der Waals surface area (Å²) in [7, 11) is 0. The zero-order valence-electron chi connectivity index (χ0n) is 7.46. The molecule has 1 heterocycles. The van der Waals surface area contributed by atoms with Crippen molar-refractivity contribution in [3.05, 3.63) is 29.1 Å². The van der Waals surface area contributed by atoms with E-state index >= 15 is 0 Å². The van der Waals surface area contributed by atoms with Crippen molar-refractivity contribution in [2.45, 2.75) is 18.4 Å². The summed E-state index contributed by atoms with van der Waals surface area (Å²) in [5, 5.41) is 0.666. The van der Waals surface area contributed by atoms with Gasteiger partial charge in [-0.2, -0.15) is 0 Å². The van der Waals surface area contributed by atoms with Gasteiger partial charge < -0.3 is 10.2 Å². The van der Waals surface area contributed by atoms with Crippen molar-refractivity contribution in [3.63, 3.8) is 0 Å². The normalized spacial score (nSPS) is 18.7. The zero-order valence-corrected chi connectivity index (χ0v) is 8.21. The second-order valence-corrected chi connectivity index (χ2v) is 4.22. The Labute approximate surface area is 85.9 Å². The lowest BCUT2D eigenvalue weighted by Gasteiger charge is -1.99. The number of benzene rings is 1. The number of oxazole rings is 1. The highest BCUT2D eigenvalue weighted by molar-refractivity contribution is 6.31. The average molecular weight is 209 g/mol. The van der Waals surface area contributed by atoms with Crippen LogP contribution in [0, 0.1) is 0 Å². The van der Waals surface area contributed by atoms with E-state index in [1.54, 1.807) is 12.1 Å². The maximum Gasteiger partial charge on any atom is 0.215 e. The van der Waals surface area contributed by atoms with Gasteiger partial charge in [-0.05, 0) is 31.0 Å². The Hall–Kier alpha value is -1.06. The molecule has 2 N–H and O–H groups in total. The number of nitrogens with zero attached hydrogens (tertiary/aromatic N) is 1. The summed E-state index contributed by atoms with van der Waals surface area (Å²) in [4.78, 5) is 4.33. The first-order chi connectivity index (χ1) is 6.67. The van der Waals surface area contributed by atoms with Crippen LogP contribution in [0.5, 0.6) is 0 Å². The summed E-state index contributed by atoms with van der Waals surface area (Å²) in [6.45, 7) is 0. The Bertz CT molecular complexity index is 502. The predicted octanol–water partition coefficient (Wildman–Crippen LogP) is 2.43. The van der Waals surface area contributed by atoms with Crippen LogP contribution < -0.4 is 5.73 Å². The minimum atomic E-state index is -0.314. The molecule has 0 spiro atoms. The van der Waals surface area contributed by atoms with Gasteiger partial charge in [0.1, 0.15) is 5.52 Å². The van der Waals surface area contributed by atoms with Crippen molar-refractivity contribution >= 4 is 22.7 Å². The Morgan fingerprint density at radius 2 is 2.21 bits per heavy atom. The molecule has 4 heteroatoms. The van der Waals surface area contributed by atoms with E-state index in [1.807, 2.05) is 6.07 Å². The van der Waals surface area contributed by atoms with Crippen LogP contribution in [-0.4, -0.2) is 4.98 Å². The van der Waals surface area contributed by atoms with Crippen molar-refractivity contribution in [1.82, 2.24) is 4.98 Å². The van der Waals surface area contributed by atoms with Crippen molar-refractivity contribution in [1.29, 1.82) is 0 Å². The van der Waals surface area contributed by atoms with Crippen LogP contribution in [0.15, 0.2) is 22.6 Å². The number of halogens is 1. The minimum absolute atomic E-state index is 0.314. The number of hydrogen-bond acceptors (Lipinski definition) is 3. The van der Waals surface area contributed by atoms with E-state index in [0.29, 0.717) is 10.9 Å². The third-order valence-electron chi connectivity index (χ3n) is 2.56. The van der Waals surface area contributed by atoms with Gasteiger partial charge in [-0.3, -0.25) is 0 Å². The van der Waals surface area contributed by atoms with E-state index in [2.05, 4.69) is 4.98 Å². The van der Waals surface area contributed by atoms with Crippen molar-refractivity contribution in [2.24, 2.45) is 5.73 Å². The molecule has 1 aliphatic carbocycles. The first-order valence-corrected chi connectivity index (χ1v) is 4.91. The monoisotopic (exact) mass is 208 g/mol. The van der Waals surface area contributed by atoms with Gasteiger partial charge in [-0.25, -0.2) is 4.98 Å². The Kier molecular flexibility index (Phi) is 1.47. The molecule has 0 atom stereocenters. The lowest BCUT2D eigenvalue weighted by atomic mass is 10.3. The minimum Gasteiger partial charge on any atom is -0.439 e. The van der Waals surface area contributed by atoms with Gasteiger partial charge in [0.2, 0.25) is 5.89 Å². The molecule has 1 aromatic heterocycles. The van der Waals surface area contributed by atoms with E-state index in [9.17, 15) is 0 Å². The molecule has 0 bridgehead atoms. The van der Waals surface area contributed by atoms with Gasteiger partial charge >= 0.3 is 0 Å². The third-order valence-corrected chi connectivity index (χ3v) is 2.80. The molecule has 0 unspecified atom stereocenters. The highest BCUT2D eigenvalue weighted by Gasteiger charge is 2.44. The second kappa shape index (κ2) is 2.49. The maximum atomic E-state index is 5.98. The van der Waals surface area contributed by atoms with Crippen LogP contribution in [0.2, 0.25) is 5.02 Å². The summed E-state index contributed by atoms with van der Waals surface area (Å²) >= 11 is 5.84. The molecule has 3 nitrogen and oxygen atoms in total. The lowest BCUT2D eigenvalue weighted by Crippen LogP contribution is -2.18. The molecule has 0 radical (unpaired) electrons. The fraction of sp³-hybridized carbons (Fsp3) is 0.300. The molecule has 3 rings (SSSR count). The smallest absolute Gasteiger partial charge is 0.215 e. The van der Waals surface area contributed by atoms with E-state index < -0.39 is 0 Å². The van der Waals surface area contributed by atoms with Crippen molar-refractivity contribution in [2.75, 3.05) is 0 Å². The van der Waals surface area contributed by atoms with Gasteiger partial charge in [-0.1, -0.05) is 11.6 Å². The molecular formula is C10H9ClN2O. The molecule has 14 heavy (non-hydrogen) atoms.